The highest BCUT2D eigenvalue weighted by Gasteiger charge is 2.21. The summed E-state index contributed by atoms with van der Waals surface area (Å²) in [5, 5.41) is 11.2. The van der Waals surface area contributed by atoms with Gasteiger partial charge in [-0.05, 0) is 23.3 Å². The third-order valence-corrected chi connectivity index (χ3v) is 5.88. The maximum atomic E-state index is 13.7. The summed E-state index contributed by atoms with van der Waals surface area (Å²) in [4.78, 5) is 42.6. The van der Waals surface area contributed by atoms with Crippen molar-refractivity contribution in [3.63, 3.8) is 0 Å². The molecule has 0 saturated carbocycles. The minimum atomic E-state index is -0.554. The van der Waals surface area contributed by atoms with Crippen molar-refractivity contribution in [1.29, 1.82) is 0 Å². The molecule has 0 N–H and O–H groups in total. The van der Waals surface area contributed by atoms with Gasteiger partial charge in [-0.15, -0.1) is 0 Å². The zero-order valence-corrected chi connectivity index (χ0v) is 19.3. The number of hydrogen-bond donors (Lipinski definition) is 0. The first-order valence-corrected chi connectivity index (χ1v) is 11.1. The van der Waals surface area contributed by atoms with Gasteiger partial charge in [0.1, 0.15) is 5.75 Å². The summed E-state index contributed by atoms with van der Waals surface area (Å²) < 4.78 is 9.61. The molecule has 0 aliphatic carbocycles. The number of non-ortho nitro benzene ring substituents is 1. The van der Waals surface area contributed by atoms with E-state index in [1.807, 2.05) is 30.3 Å². The first kappa shape index (κ1) is 22.8. The third kappa shape index (κ3) is 4.05. The summed E-state index contributed by atoms with van der Waals surface area (Å²) in [5.41, 5.74) is 1.10. The van der Waals surface area contributed by atoms with Crippen LogP contribution in [0.2, 0.25) is 0 Å². The van der Waals surface area contributed by atoms with Gasteiger partial charge in [0.15, 0.2) is 11.2 Å². The molecule has 0 unspecified atom stereocenters. The Kier molecular flexibility index (Phi) is 5.91. The highest BCUT2D eigenvalue weighted by Crippen LogP contribution is 2.24. The van der Waals surface area contributed by atoms with Crippen LogP contribution in [-0.2, 0) is 13.1 Å². The SMILES string of the molecule is COc1ccccc1-n1c(=O)n(Cc2ccccc2)c(=O)c2c1ncn2Cc1cccc([N+](=O)[O-])c1. The molecule has 0 radical (unpaired) electrons. The largest absolute Gasteiger partial charge is 0.495 e. The summed E-state index contributed by atoms with van der Waals surface area (Å²) in [5.74, 6) is 0.444. The van der Waals surface area contributed by atoms with Crippen LogP contribution >= 0.6 is 0 Å². The maximum Gasteiger partial charge on any atom is 0.337 e. The molecule has 0 aliphatic rings. The van der Waals surface area contributed by atoms with Gasteiger partial charge in [-0.2, -0.15) is 0 Å². The highest BCUT2D eigenvalue weighted by atomic mass is 16.6. The molecule has 0 amide bonds. The molecule has 0 atom stereocenters. The van der Waals surface area contributed by atoms with E-state index in [1.54, 1.807) is 41.0 Å². The lowest BCUT2D eigenvalue weighted by molar-refractivity contribution is -0.384. The van der Waals surface area contributed by atoms with Crippen LogP contribution in [0.4, 0.5) is 5.69 Å². The average molecular weight is 483 g/mol. The fourth-order valence-corrected chi connectivity index (χ4v) is 4.20. The van der Waals surface area contributed by atoms with Crippen molar-refractivity contribution in [2.24, 2.45) is 0 Å². The van der Waals surface area contributed by atoms with Crippen molar-refractivity contribution in [1.82, 2.24) is 18.7 Å². The molecule has 0 bridgehead atoms. The summed E-state index contributed by atoms with van der Waals surface area (Å²) in [7, 11) is 1.50. The minimum Gasteiger partial charge on any atom is -0.495 e. The normalized spacial score (nSPS) is 11.0. The van der Waals surface area contributed by atoms with E-state index >= 15 is 0 Å². The standard InChI is InChI=1S/C26H21N5O5/c1-36-22-13-6-5-12-21(22)30-24-23(25(32)29(26(30)33)16-18-8-3-2-4-9-18)28(17-27-24)15-19-10-7-11-20(14-19)31(34)35/h2-14,17H,15-16H2,1H3. The summed E-state index contributed by atoms with van der Waals surface area (Å²) in [6.45, 7) is 0.217. The number of nitro benzene ring substituents is 1. The molecule has 10 heteroatoms. The average Bonchev–Trinajstić information content (AvgIpc) is 3.30. The van der Waals surface area contributed by atoms with E-state index < -0.39 is 16.2 Å². The minimum absolute atomic E-state index is 0.0515. The maximum absolute atomic E-state index is 13.7. The molecule has 3 aromatic carbocycles. The van der Waals surface area contributed by atoms with Crippen LogP contribution in [0.1, 0.15) is 11.1 Å². The lowest BCUT2D eigenvalue weighted by Gasteiger charge is -2.15. The number of ether oxygens (including phenoxy) is 1. The van der Waals surface area contributed by atoms with E-state index in [-0.39, 0.29) is 29.9 Å². The van der Waals surface area contributed by atoms with Crippen LogP contribution in [0.25, 0.3) is 16.9 Å². The van der Waals surface area contributed by atoms with Crippen LogP contribution in [0.15, 0.2) is 94.8 Å². The number of nitrogens with zero attached hydrogens (tertiary/aromatic N) is 5. The second-order valence-corrected chi connectivity index (χ2v) is 8.14. The molecule has 180 valence electrons. The van der Waals surface area contributed by atoms with Gasteiger partial charge >= 0.3 is 5.69 Å². The van der Waals surface area contributed by atoms with Gasteiger partial charge in [0.05, 0.1) is 30.6 Å². The predicted octanol–water partition coefficient (Wildman–Crippen LogP) is 3.36. The number of benzene rings is 3. The van der Waals surface area contributed by atoms with Gasteiger partial charge in [-0.3, -0.25) is 19.5 Å². The molecule has 0 aliphatic heterocycles. The van der Waals surface area contributed by atoms with Crippen molar-refractivity contribution in [3.8, 4) is 11.4 Å². The van der Waals surface area contributed by atoms with Crippen molar-refractivity contribution in [2.75, 3.05) is 7.11 Å². The molecule has 2 aromatic heterocycles. The Hall–Kier alpha value is -4.99. The number of imidazole rings is 1. The van der Waals surface area contributed by atoms with Crippen molar-refractivity contribution < 1.29 is 9.66 Å². The second-order valence-electron chi connectivity index (χ2n) is 8.14. The zero-order valence-electron chi connectivity index (χ0n) is 19.3. The lowest BCUT2D eigenvalue weighted by atomic mass is 10.2. The topological polar surface area (TPSA) is 114 Å². The molecule has 0 fully saturated rings. The molecule has 36 heavy (non-hydrogen) atoms. The van der Waals surface area contributed by atoms with E-state index in [0.717, 1.165) is 10.1 Å². The van der Waals surface area contributed by atoms with E-state index in [0.29, 0.717) is 17.0 Å². The van der Waals surface area contributed by atoms with Crippen LogP contribution in [-0.4, -0.2) is 30.7 Å². The van der Waals surface area contributed by atoms with E-state index in [9.17, 15) is 19.7 Å². The number of nitro groups is 1. The fraction of sp³-hybridized carbons (Fsp3) is 0.115. The molecule has 0 saturated heterocycles. The van der Waals surface area contributed by atoms with Crippen LogP contribution in [0.5, 0.6) is 5.75 Å². The van der Waals surface area contributed by atoms with Crippen LogP contribution < -0.4 is 16.0 Å². The van der Waals surface area contributed by atoms with E-state index in [4.69, 9.17) is 4.74 Å². The molecule has 2 heterocycles. The predicted molar refractivity (Wildman–Crippen MR) is 134 cm³/mol. The monoisotopic (exact) mass is 483 g/mol. The molecule has 5 rings (SSSR count). The second kappa shape index (κ2) is 9.34. The summed E-state index contributed by atoms with van der Waals surface area (Å²) in [6, 6.07) is 22.4. The Morgan fingerprint density at radius 1 is 0.917 bits per heavy atom. The molecular formula is C26H21N5O5. The van der Waals surface area contributed by atoms with Gasteiger partial charge in [-0.25, -0.2) is 14.3 Å². The number of aromatic nitrogens is 4. The first-order chi connectivity index (χ1) is 17.5. The highest BCUT2D eigenvalue weighted by molar-refractivity contribution is 5.73. The Bertz CT molecular complexity index is 1700. The van der Waals surface area contributed by atoms with Gasteiger partial charge in [0, 0.05) is 18.7 Å². The van der Waals surface area contributed by atoms with E-state index in [1.165, 1.54) is 30.1 Å². The molecule has 10 nitrogen and oxygen atoms in total. The fourth-order valence-electron chi connectivity index (χ4n) is 4.20. The number of fused-ring (bicyclic) bond motifs is 1. The third-order valence-electron chi connectivity index (χ3n) is 5.88. The number of rotatable bonds is 7. The van der Waals surface area contributed by atoms with Gasteiger partial charge in [-0.1, -0.05) is 54.6 Å². The van der Waals surface area contributed by atoms with Crippen LogP contribution in [0, 0.1) is 10.1 Å². The zero-order chi connectivity index (χ0) is 25.2. The molecular weight excluding hydrogens is 462 g/mol. The number of methoxy groups -OCH3 is 1. The lowest BCUT2D eigenvalue weighted by Crippen LogP contribution is -2.40. The summed E-state index contributed by atoms with van der Waals surface area (Å²) >= 11 is 0. The van der Waals surface area contributed by atoms with Gasteiger partial charge < -0.3 is 9.30 Å². The van der Waals surface area contributed by atoms with Gasteiger partial charge in [0.25, 0.3) is 11.2 Å². The Morgan fingerprint density at radius 2 is 1.64 bits per heavy atom. The summed E-state index contributed by atoms with van der Waals surface area (Å²) in [6.07, 6.45) is 1.46. The molecule has 0 spiro atoms. The Balaban J connectivity index is 1.76. The van der Waals surface area contributed by atoms with Crippen molar-refractivity contribution in [3.05, 3.63) is 127 Å². The Labute approximate surface area is 204 Å². The van der Waals surface area contributed by atoms with Crippen molar-refractivity contribution in [2.45, 2.75) is 13.1 Å². The first-order valence-electron chi connectivity index (χ1n) is 11.1. The van der Waals surface area contributed by atoms with Gasteiger partial charge in [0.2, 0.25) is 0 Å². The van der Waals surface area contributed by atoms with E-state index in [2.05, 4.69) is 4.98 Å². The smallest absolute Gasteiger partial charge is 0.337 e. The number of para-hydroxylation sites is 2. The number of hydrogen-bond acceptors (Lipinski definition) is 6. The Morgan fingerprint density at radius 3 is 2.39 bits per heavy atom. The molecule has 5 aromatic rings. The van der Waals surface area contributed by atoms with Crippen LogP contribution in [0.3, 0.4) is 0 Å². The quantitative estimate of drug-likeness (QED) is 0.259. The van der Waals surface area contributed by atoms with Crippen molar-refractivity contribution >= 4 is 16.9 Å².